The van der Waals surface area contributed by atoms with E-state index < -0.39 is 11.7 Å². The van der Waals surface area contributed by atoms with Crippen LogP contribution in [-0.2, 0) is 6.18 Å². The van der Waals surface area contributed by atoms with Crippen molar-refractivity contribution in [1.29, 1.82) is 0 Å². The highest BCUT2D eigenvalue weighted by Gasteiger charge is 2.33. The molecule has 0 N–H and O–H groups in total. The highest BCUT2D eigenvalue weighted by Crippen LogP contribution is 2.37. The summed E-state index contributed by atoms with van der Waals surface area (Å²) in [6.45, 7) is 1.59. The Bertz CT molecular complexity index is 1310. The molecule has 2 aromatic heterocycles. The Morgan fingerprint density at radius 1 is 0.750 bits per heavy atom. The lowest BCUT2D eigenvalue weighted by molar-refractivity contribution is -0.136. The Morgan fingerprint density at radius 3 is 1.96 bits per heavy atom. The number of fused-ring (bicyclic) bond motifs is 4. The van der Waals surface area contributed by atoms with Crippen molar-refractivity contribution < 1.29 is 13.2 Å². The van der Waals surface area contributed by atoms with E-state index in [1.165, 1.54) is 6.07 Å². The van der Waals surface area contributed by atoms with Gasteiger partial charge in [-0.1, -0.05) is 42.5 Å². The predicted molar refractivity (Wildman–Crippen MR) is 106 cm³/mol. The van der Waals surface area contributed by atoms with Crippen molar-refractivity contribution in [3.05, 3.63) is 84.1 Å². The summed E-state index contributed by atoms with van der Waals surface area (Å²) in [6, 6.07) is 22.1. The van der Waals surface area contributed by atoms with Crippen molar-refractivity contribution in [3.63, 3.8) is 0 Å². The average Bonchev–Trinajstić information content (AvgIpc) is 3.00. The molecule has 0 unspecified atom stereocenters. The zero-order chi connectivity index (χ0) is 19.5. The molecule has 0 saturated carbocycles. The number of aromatic nitrogens is 2. The first kappa shape index (κ1) is 16.8. The molecular formula is C23H15F3N2. The zero-order valence-corrected chi connectivity index (χ0v) is 15.0. The van der Waals surface area contributed by atoms with Crippen LogP contribution in [0.1, 0.15) is 11.3 Å². The smallest absolute Gasteiger partial charge is 0.309 e. The van der Waals surface area contributed by atoms with Gasteiger partial charge in [-0.3, -0.25) is 4.98 Å². The maximum absolute atomic E-state index is 13.5. The molecule has 2 heterocycles. The first-order valence-corrected chi connectivity index (χ1v) is 8.91. The summed E-state index contributed by atoms with van der Waals surface area (Å²) >= 11 is 0. The zero-order valence-electron chi connectivity index (χ0n) is 15.0. The Kier molecular flexibility index (Phi) is 3.50. The topological polar surface area (TPSA) is 17.8 Å². The minimum atomic E-state index is -4.42. The van der Waals surface area contributed by atoms with Gasteiger partial charge in [-0.2, -0.15) is 13.2 Å². The standard InChI is InChI=1S/C23H15F3N2/c1-14-12-19(23(24,25)26)18-11-10-15(13-20(18)27-14)28-21-8-4-2-6-16(21)17-7-3-5-9-22(17)28/h2-13H,1H3. The summed E-state index contributed by atoms with van der Waals surface area (Å²) in [4.78, 5) is 4.37. The number of para-hydroxylation sites is 2. The maximum Gasteiger partial charge on any atom is 0.417 e. The Morgan fingerprint density at radius 2 is 1.36 bits per heavy atom. The summed E-state index contributed by atoms with van der Waals surface area (Å²) in [7, 11) is 0. The maximum atomic E-state index is 13.5. The predicted octanol–water partition coefficient (Wildman–Crippen LogP) is 6.66. The van der Waals surface area contributed by atoms with Gasteiger partial charge >= 0.3 is 6.18 Å². The van der Waals surface area contributed by atoms with Crippen LogP contribution in [0, 0.1) is 6.92 Å². The molecule has 0 saturated heterocycles. The van der Waals surface area contributed by atoms with E-state index in [1.807, 2.05) is 36.4 Å². The molecule has 0 aliphatic rings. The van der Waals surface area contributed by atoms with Gasteiger partial charge in [0.15, 0.2) is 0 Å². The van der Waals surface area contributed by atoms with Crippen LogP contribution >= 0.6 is 0 Å². The van der Waals surface area contributed by atoms with Gasteiger partial charge in [-0.25, -0.2) is 0 Å². The van der Waals surface area contributed by atoms with Gasteiger partial charge in [0.2, 0.25) is 0 Å². The molecule has 0 amide bonds. The van der Waals surface area contributed by atoms with Crippen LogP contribution in [0.5, 0.6) is 0 Å². The first-order chi connectivity index (χ1) is 13.4. The number of hydrogen-bond donors (Lipinski definition) is 0. The first-order valence-electron chi connectivity index (χ1n) is 8.91. The van der Waals surface area contributed by atoms with Crippen molar-refractivity contribution in [2.45, 2.75) is 13.1 Å². The average molecular weight is 376 g/mol. The molecule has 5 rings (SSSR count). The lowest BCUT2D eigenvalue weighted by Crippen LogP contribution is -2.07. The minimum Gasteiger partial charge on any atom is -0.309 e. The summed E-state index contributed by atoms with van der Waals surface area (Å²) in [5, 5.41) is 2.32. The summed E-state index contributed by atoms with van der Waals surface area (Å²) in [6.07, 6.45) is -4.42. The SMILES string of the molecule is Cc1cc(C(F)(F)F)c2ccc(-n3c4ccccc4c4ccccc43)cc2n1. The molecule has 5 heteroatoms. The van der Waals surface area contributed by atoms with E-state index in [0.29, 0.717) is 11.2 Å². The van der Waals surface area contributed by atoms with E-state index in [1.54, 1.807) is 19.1 Å². The second-order valence-corrected chi connectivity index (χ2v) is 6.88. The summed E-state index contributed by atoms with van der Waals surface area (Å²) < 4.78 is 42.4. The normalized spacial score (nSPS) is 12.3. The third-order valence-corrected chi connectivity index (χ3v) is 5.07. The van der Waals surface area contributed by atoms with E-state index >= 15 is 0 Å². The third-order valence-electron chi connectivity index (χ3n) is 5.07. The molecule has 5 aromatic rings. The van der Waals surface area contributed by atoms with Gasteiger partial charge in [0.05, 0.1) is 22.1 Å². The van der Waals surface area contributed by atoms with Gasteiger partial charge in [0.25, 0.3) is 0 Å². The quantitative estimate of drug-likeness (QED) is 0.320. The molecule has 0 aliphatic heterocycles. The summed E-state index contributed by atoms with van der Waals surface area (Å²) in [5.41, 5.74) is 2.84. The largest absolute Gasteiger partial charge is 0.417 e. The number of aryl methyl sites for hydroxylation is 1. The highest BCUT2D eigenvalue weighted by atomic mass is 19.4. The van der Waals surface area contributed by atoms with Gasteiger partial charge in [-0.15, -0.1) is 0 Å². The number of rotatable bonds is 1. The van der Waals surface area contributed by atoms with E-state index in [4.69, 9.17) is 0 Å². The number of benzene rings is 3. The molecule has 0 aliphatic carbocycles. The van der Waals surface area contributed by atoms with Crippen LogP contribution in [-0.4, -0.2) is 9.55 Å². The number of hydrogen-bond acceptors (Lipinski definition) is 1. The third kappa shape index (κ3) is 2.47. The Hall–Kier alpha value is -3.34. The number of nitrogens with zero attached hydrogens (tertiary/aromatic N) is 2. The van der Waals surface area contributed by atoms with E-state index in [2.05, 4.69) is 21.7 Å². The minimum absolute atomic E-state index is 0.114. The van der Waals surface area contributed by atoms with E-state index in [9.17, 15) is 13.2 Å². The van der Waals surface area contributed by atoms with Crippen molar-refractivity contribution >= 4 is 32.7 Å². The second-order valence-electron chi connectivity index (χ2n) is 6.88. The van der Waals surface area contributed by atoms with Gasteiger partial charge in [0.1, 0.15) is 0 Å². The molecular weight excluding hydrogens is 361 g/mol. The molecule has 2 nitrogen and oxygen atoms in total. The molecule has 0 fully saturated rings. The highest BCUT2D eigenvalue weighted by molar-refractivity contribution is 6.09. The fraction of sp³-hybridized carbons (Fsp3) is 0.0870. The van der Waals surface area contributed by atoms with Crippen LogP contribution in [0.25, 0.3) is 38.4 Å². The van der Waals surface area contributed by atoms with E-state index in [0.717, 1.165) is 33.6 Å². The molecule has 138 valence electrons. The van der Waals surface area contributed by atoms with Crippen molar-refractivity contribution in [2.24, 2.45) is 0 Å². The lowest BCUT2D eigenvalue weighted by atomic mass is 10.1. The Balaban J connectivity index is 1.85. The van der Waals surface area contributed by atoms with Crippen LogP contribution in [0.2, 0.25) is 0 Å². The molecule has 0 spiro atoms. The van der Waals surface area contributed by atoms with Crippen LogP contribution < -0.4 is 0 Å². The Labute approximate surface area is 158 Å². The van der Waals surface area contributed by atoms with Gasteiger partial charge in [0, 0.05) is 27.5 Å². The lowest BCUT2D eigenvalue weighted by Gasteiger charge is -2.13. The monoisotopic (exact) mass is 376 g/mol. The van der Waals surface area contributed by atoms with Gasteiger partial charge < -0.3 is 4.57 Å². The van der Waals surface area contributed by atoms with Crippen LogP contribution in [0.4, 0.5) is 13.2 Å². The number of alkyl halides is 3. The van der Waals surface area contributed by atoms with Crippen molar-refractivity contribution in [3.8, 4) is 5.69 Å². The fourth-order valence-electron chi connectivity index (χ4n) is 3.92. The summed E-state index contributed by atoms with van der Waals surface area (Å²) in [5.74, 6) is 0. The molecule has 3 aromatic carbocycles. The molecule has 28 heavy (non-hydrogen) atoms. The molecule has 0 radical (unpaired) electrons. The van der Waals surface area contributed by atoms with Crippen molar-refractivity contribution in [2.75, 3.05) is 0 Å². The number of halogens is 3. The second kappa shape index (κ2) is 5.83. The van der Waals surface area contributed by atoms with Gasteiger partial charge in [-0.05, 0) is 37.3 Å². The van der Waals surface area contributed by atoms with E-state index in [-0.39, 0.29) is 5.39 Å². The molecule has 0 atom stereocenters. The fourth-order valence-corrected chi connectivity index (χ4v) is 3.92. The van der Waals surface area contributed by atoms with Crippen LogP contribution in [0.15, 0.2) is 72.8 Å². The van der Waals surface area contributed by atoms with Crippen molar-refractivity contribution in [1.82, 2.24) is 9.55 Å². The molecule has 0 bridgehead atoms. The number of pyridine rings is 1. The van der Waals surface area contributed by atoms with Crippen LogP contribution in [0.3, 0.4) is 0 Å².